The van der Waals surface area contributed by atoms with E-state index in [2.05, 4.69) is 23.1 Å². The normalized spacial score (nSPS) is 8.89. The van der Waals surface area contributed by atoms with E-state index in [0.717, 1.165) is 0 Å². The van der Waals surface area contributed by atoms with Crippen molar-refractivity contribution >= 4 is 44.9 Å². The summed E-state index contributed by atoms with van der Waals surface area (Å²) in [5.74, 6) is 8.72. The Bertz CT molecular complexity index is 58.8. The van der Waals surface area contributed by atoms with E-state index in [1.54, 1.807) is 0 Å². The molecule has 0 aromatic rings. The molecule has 2 nitrogen and oxygen atoms in total. The SMILES string of the molecule is [CH3][Al]([CH3])[O][AlH][O][Al]([CH3])[CH3]. The van der Waals surface area contributed by atoms with Crippen LogP contribution in [0.5, 0.6) is 0 Å². The lowest BCUT2D eigenvalue weighted by Crippen LogP contribution is -2.19. The summed E-state index contributed by atoms with van der Waals surface area (Å²) in [5.41, 5.74) is 0. The molecule has 0 aliphatic carbocycles. The lowest BCUT2D eigenvalue weighted by Gasteiger charge is -2.05. The van der Waals surface area contributed by atoms with Gasteiger partial charge >= 0.3 is 44.9 Å². The molecule has 0 unspecified atom stereocenters. The smallest absolute Gasteiger partial charge is 0.587 e. The van der Waals surface area contributed by atoms with E-state index >= 15 is 0 Å². The van der Waals surface area contributed by atoms with Crippen molar-refractivity contribution in [2.45, 2.75) is 23.1 Å². The van der Waals surface area contributed by atoms with Crippen LogP contribution in [-0.4, -0.2) is 44.9 Å². The molecule has 0 saturated heterocycles. The topological polar surface area (TPSA) is 18.5 Å². The van der Waals surface area contributed by atoms with Gasteiger partial charge in [0.1, 0.15) is 0 Å². The average molecular weight is 174 g/mol. The Morgan fingerprint density at radius 2 is 1.22 bits per heavy atom. The molecular formula is C4H13Al3O2. The van der Waals surface area contributed by atoms with Crippen molar-refractivity contribution in [1.82, 2.24) is 0 Å². The summed E-state index contributed by atoms with van der Waals surface area (Å²) < 4.78 is 10.9. The minimum atomic E-state index is -0.770. The Labute approximate surface area is 73.4 Å². The van der Waals surface area contributed by atoms with Crippen molar-refractivity contribution < 1.29 is 5.68 Å². The number of hydrogen-bond acceptors (Lipinski definition) is 2. The molecule has 0 aromatic heterocycles. The Morgan fingerprint density at radius 1 is 0.889 bits per heavy atom. The third-order valence-corrected chi connectivity index (χ3v) is 7.22. The largest absolute Gasteiger partial charge is 0.618 e. The highest BCUT2D eigenvalue weighted by Gasteiger charge is 2.09. The zero-order chi connectivity index (χ0) is 7.28. The molecule has 0 atom stereocenters. The van der Waals surface area contributed by atoms with Crippen LogP contribution >= 0.6 is 0 Å². The van der Waals surface area contributed by atoms with E-state index in [0.29, 0.717) is 0 Å². The highest BCUT2D eigenvalue weighted by Crippen LogP contribution is 1.85. The van der Waals surface area contributed by atoms with Crippen LogP contribution in [0.1, 0.15) is 0 Å². The molecule has 0 N–H and O–H groups in total. The third kappa shape index (κ3) is 9.52. The van der Waals surface area contributed by atoms with Gasteiger partial charge in [0.15, 0.2) is 0 Å². The lowest BCUT2D eigenvalue weighted by atomic mass is 11.9. The quantitative estimate of drug-likeness (QED) is 0.586. The van der Waals surface area contributed by atoms with E-state index < -0.39 is 44.9 Å². The zero-order valence-corrected chi connectivity index (χ0v) is 10.4. The van der Waals surface area contributed by atoms with Crippen LogP contribution in [0.3, 0.4) is 0 Å². The maximum atomic E-state index is 5.44. The van der Waals surface area contributed by atoms with E-state index in [4.69, 9.17) is 5.68 Å². The van der Waals surface area contributed by atoms with Gasteiger partial charge in [0, 0.05) is 0 Å². The molecule has 50 valence electrons. The summed E-state index contributed by atoms with van der Waals surface area (Å²) in [5, 5.41) is 0. The van der Waals surface area contributed by atoms with Crippen LogP contribution in [0, 0.1) is 0 Å². The molecule has 0 radical (unpaired) electrons. The van der Waals surface area contributed by atoms with Gasteiger partial charge in [-0.2, -0.15) is 0 Å². The Hall–Kier alpha value is 1.52. The van der Waals surface area contributed by atoms with Gasteiger partial charge in [0.05, 0.1) is 0 Å². The lowest BCUT2D eigenvalue weighted by molar-refractivity contribution is 0.479. The fourth-order valence-electron chi connectivity index (χ4n) is 0.311. The van der Waals surface area contributed by atoms with E-state index in [1.165, 1.54) is 0 Å². The van der Waals surface area contributed by atoms with Gasteiger partial charge in [0.2, 0.25) is 0 Å². The summed E-state index contributed by atoms with van der Waals surface area (Å²) in [6.07, 6.45) is 0. The highest BCUT2D eigenvalue weighted by molar-refractivity contribution is 6.59. The van der Waals surface area contributed by atoms with Gasteiger partial charge in [-0.1, -0.05) is 23.1 Å². The fourth-order valence-corrected chi connectivity index (χ4v) is 3.51. The van der Waals surface area contributed by atoms with Gasteiger partial charge in [-0.15, -0.1) is 0 Å². The average Bonchev–Trinajstić information content (AvgIpc) is 1.63. The van der Waals surface area contributed by atoms with Gasteiger partial charge in [0.25, 0.3) is 0 Å². The molecule has 0 aliphatic rings. The second-order valence-corrected chi connectivity index (χ2v) is 9.65. The summed E-state index contributed by atoms with van der Waals surface area (Å²) in [4.78, 5) is 0. The van der Waals surface area contributed by atoms with Gasteiger partial charge in [-0.3, -0.25) is 0 Å². The van der Waals surface area contributed by atoms with Crippen molar-refractivity contribution in [1.29, 1.82) is 0 Å². The molecule has 0 aliphatic heterocycles. The van der Waals surface area contributed by atoms with Crippen molar-refractivity contribution in [3.05, 3.63) is 0 Å². The van der Waals surface area contributed by atoms with Crippen molar-refractivity contribution in [3.8, 4) is 0 Å². The van der Waals surface area contributed by atoms with Crippen LogP contribution in [0.2, 0.25) is 23.1 Å². The van der Waals surface area contributed by atoms with Crippen molar-refractivity contribution in [2.75, 3.05) is 0 Å². The minimum absolute atomic E-state index is 0.560. The molecule has 0 fully saturated rings. The van der Waals surface area contributed by atoms with Gasteiger partial charge < -0.3 is 5.68 Å². The highest BCUT2D eigenvalue weighted by atomic mass is 27.3. The first-order valence-electron chi connectivity index (χ1n) is 3.36. The molecule has 5 heteroatoms. The maximum Gasteiger partial charge on any atom is 0.587 e. The van der Waals surface area contributed by atoms with Crippen molar-refractivity contribution in [2.24, 2.45) is 0 Å². The summed E-state index contributed by atoms with van der Waals surface area (Å²) in [6.45, 7) is 0. The van der Waals surface area contributed by atoms with Crippen LogP contribution in [0.25, 0.3) is 0 Å². The van der Waals surface area contributed by atoms with E-state index in [-0.39, 0.29) is 0 Å². The third-order valence-electron chi connectivity index (χ3n) is 0.803. The molecule has 0 bridgehead atoms. The molecule has 0 rings (SSSR count). The number of hydrogen-bond donors (Lipinski definition) is 0. The predicted octanol–water partition coefficient (Wildman–Crippen LogP) is 0.788. The van der Waals surface area contributed by atoms with Gasteiger partial charge in [-0.05, 0) is 0 Å². The first-order chi connectivity index (χ1) is 4.13. The standard InChI is InChI=1S/4CH3.3Al.2O.H/h4*1H3;;;;;;. The van der Waals surface area contributed by atoms with Crippen LogP contribution < -0.4 is 0 Å². The summed E-state index contributed by atoms with van der Waals surface area (Å²) >= 11 is -2.10. The molecule has 0 spiro atoms. The fraction of sp³-hybridized carbons (Fsp3) is 1.00. The van der Waals surface area contributed by atoms with E-state index in [1.807, 2.05) is 0 Å². The molecular weight excluding hydrogens is 161 g/mol. The first kappa shape index (κ1) is 10.5. The van der Waals surface area contributed by atoms with E-state index in [9.17, 15) is 0 Å². The maximum absolute atomic E-state index is 5.44. The monoisotopic (exact) mass is 174 g/mol. The Morgan fingerprint density at radius 3 is 1.44 bits per heavy atom. The van der Waals surface area contributed by atoms with Crippen LogP contribution in [-0.2, 0) is 5.68 Å². The molecule has 0 aromatic carbocycles. The summed E-state index contributed by atoms with van der Waals surface area (Å²) in [7, 11) is 0. The van der Waals surface area contributed by atoms with Crippen LogP contribution in [0.4, 0.5) is 0 Å². The second-order valence-electron chi connectivity index (χ2n) is 2.55. The van der Waals surface area contributed by atoms with Crippen LogP contribution in [0.15, 0.2) is 0 Å². The van der Waals surface area contributed by atoms with Crippen molar-refractivity contribution in [3.63, 3.8) is 0 Å². The zero-order valence-electron chi connectivity index (χ0n) is 6.68. The molecule has 0 saturated carbocycles. The minimum Gasteiger partial charge on any atom is -0.618 e. The second kappa shape index (κ2) is 6.24. The molecule has 0 heterocycles. The Kier molecular flexibility index (Phi) is 7.29. The molecule has 9 heavy (non-hydrogen) atoms. The predicted molar refractivity (Wildman–Crippen MR) is 44.3 cm³/mol. The first-order valence-corrected chi connectivity index (χ1v) is 10.1. The number of rotatable bonds is 4. The van der Waals surface area contributed by atoms with Gasteiger partial charge in [-0.25, -0.2) is 0 Å². The Balaban J connectivity index is 2.91. The summed E-state index contributed by atoms with van der Waals surface area (Å²) in [6, 6.07) is 0. The molecule has 0 amide bonds.